The maximum absolute atomic E-state index is 5.02. The first-order valence-electron chi connectivity index (χ1n) is 3.75. The first-order chi connectivity index (χ1) is 4.86. The molecule has 10 heavy (non-hydrogen) atoms. The van der Waals surface area contributed by atoms with Gasteiger partial charge in [0.2, 0.25) is 0 Å². The maximum Gasteiger partial charge on any atom is 0.0986 e. The Labute approximate surface area is 62.3 Å². The fraction of sp³-hybridized carbons (Fsp3) is 1.00. The number of hydrogen-bond acceptors (Lipinski definition) is 3. The molecule has 0 aromatic rings. The predicted octanol–water partition coefficient (Wildman–Crippen LogP) is -0.116. The number of nitrogens with one attached hydrogen (secondary N) is 1. The van der Waals surface area contributed by atoms with E-state index >= 15 is 0 Å². The van der Waals surface area contributed by atoms with E-state index in [0.29, 0.717) is 6.04 Å². The van der Waals surface area contributed by atoms with Crippen molar-refractivity contribution in [3.05, 3.63) is 0 Å². The first kappa shape index (κ1) is 7.98. The Bertz CT molecular complexity index is 97.6. The Morgan fingerprint density at radius 1 is 1.70 bits per heavy atom. The summed E-state index contributed by atoms with van der Waals surface area (Å²) in [5.74, 6) is 0. The first-order valence-corrected chi connectivity index (χ1v) is 3.75. The molecule has 1 aliphatic rings. The maximum atomic E-state index is 5.02. The van der Waals surface area contributed by atoms with Crippen molar-refractivity contribution < 1.29 is 4.74 Å². The second kappa shape index (κ2) is 3.91. The molecule has 0 saturated carbocycles. The summed E-state index contributed by atoms with van der Waals surface area (Å²) in [6.07, 6.45) is 1.25. The van der Waals surface area contributed by atoms with Crippen LogP contribution in [0.1, 0.15) is 6.42 Å². The monoisotopic (exact) mass is 144 g/mol. The largest absolute Gasteiger partial charge is 0.369 e. The molecule has 1 rings (SSSR count). The van der Waals surface area contributed by atoms with Crippen LogP contribution in [-0.4, -0.2) is 44.9 Å². The van der Waals surface area contributed by atoms with Gasteiger partial charge in [-0.3, -0.25) is 4.90 Å². The molecule has 1 heterocycles. The molecular formula is C7H16N2O. The SMILES string of the molecule is CNC1CCN(COC)C1. The van der Waals surface area contributed by atoms with Gasteiger partial charge in [0.25, 0.3) is 0 Å². The molecule has 0 radical (unpaired) electrons. The molecule has 1 saturated heterocycles. The van der Waals surface area contributed by atoms with Gasteiger partial charge in [0.1, 0.15) is 0 Å². The molecule has 0 aromatic carbocycles. The summed E-state index contributed by atoms with van der Waals surface area (Å²) in [5, 5.41) is 3.26. The Morgan fingerprint density at radius 2 is 2.50 bits per heavy atom. The molecule has 1 fully saturated rings. The van der Waals surface area contributed by atoms with Gasteiger partial charge in [0, 0.05) is 26.2 Å². The third-order valence-electron chi connectivity index (χ3n) is 1.99. The molecule has 3 nitrogen and oxygen atoms in total. The van der Waals surface area contributed by atoms with Gasteiger partial charge in [-0.25, -0.2) is 0 Å². The molecule has 1 atom stereocenters. The summed E-state index contributed by atoms with van der Waals surface area (Å²) >= 11 is 0. The van der Waals surface area contributed by atoms with Gasteiger partial charge in [-0.05, 0) is 13.5 Å². The van der Waals surface area contributed by atoms with Gasteiger partial charge < -0.3 is 10.1 Å². The molecule has 0 aromatic heterocycles. The molecule has 1 unspecified atom stereocenters. The summed E-state index contributed by atoms with van der Waals surface area (Å²) in [5.41, 5.74) is 0. The highest BCUT2D eigenvalue weighted by Crippen LogP contribution is 2.07. The lowest BCUT2D eigenvalue weighted by atomic mass is 10.3. The van der Waals surface area contributed by atoms with Crippen molar-refractivity contribution in [3.8, 4) is 0 Å². The van der Waals surface area contributed by atoms with Crippen LogP contribution in [0.15, 0.2) is 0 Å². The van der Waals surface area contributed by atoms with Gasteiger partial charge in [-0.15, -0.1) is 0 Å². The number of likely N-dealkylation sites (N-methyl/N-ethyl adjacent to an activating group) is 1. The number of ether oxygens (including phenoxy) is 1. The van der Waals surface area contributed by atoms with E-state index in [0.717, 1.165) is 13.3 Å². The topological polar surface area (TPSA) is 24.5 Å². The molecular weight excluding hydrogens is 128 g/mol. The Morgan fingerprint density at radius 3 is 3.00 bits per heavy atom. The van der Waals surface area contributed by atoms with E-state index in [1.165, 1.54) is 13.0 Å². The molecule has 0 spiro atoms. The van der Waals surface area contributed by atoms with Crippen LogP contribution in [-0.2, 0) is 4.74 Å². The third kappa shape index (κ3) is 1.94. The van der Waals surface area contributed by atoms with Crippen LogP contribution in [0, 0.1) is 0 Å². The Hall–Kier alpha value is -0.120. The van der Waals surface area contributed by atoms with E-state index in [1.807, 2.05) is 7.05 Å². The molecule has 0 aliphatic carbocycles. The normalized spacial score (nSPS) is 27.6. The summed E-state index contributed by atoms with van der Waals surface area (Å²) in [7, 11) is 3.76. The Balaban J connectivity index is 2.15. The average Bonchev–Trinajstić information content (AvgIpc) is 2.37. The fourth-order valence-electron chi connectivity index (χ4n) is 1.37. The van der Waals surface area contributed by atoms with Gasteiger partial charge in [0.05, 0.1) is 6.73 Å². The lowest BCUT2D eigenvalue weighted by molar-refractivity contribution is 0.0792. The highest BCUT2D eigenvalue weighted by atomic mass is 16.5. The molecule has 0 bridgehead atoms. The smallest absolute Gasteiger partial charge is 0.0986 e. The standard InChI is InChI=1S/C7H16N2O/c1-8-7-3-4-9(5-7)6-10-2/h7-8H,3-6H2,1-2H3. The van der Waals surface area contributed by atoms with E-state index in [4.69, 9.17) is 4.74 Å². The number of rotatable bonds is 3. The van der Waals surface area contributed by atoms with Gasteiger partial charge in [0.15, 0.2) is 0 Å². The van der Waals surface area contributed by atoms with Crippen molar-refractivity contribution >= 4 is 0 Å². The van der Waals surface area contributed by atoms with E-state index in [9.17, 15) is 0 Å². The van der Waals surface area contributed by atoms with Crippen LogP contribution in [0.25, 0.3) is 0 Å². The van der Waals surface area contributed by atoms with Crippen molar-refractivity contribution in [1.29, 1.82) is 0 Å². The van der Waals surface area contributed by atoms with Gasteiger partial charge in [-0.1, -0.05) is 0 Å². The minimum Gasteiger partial charge on any atom is -0.369 e. The lowest BCUT2D eigenvalue weighted by Crippen LogP contribution is -2.30. The molecule has 3 heteroatoms. The van der Waals surface area contributed by atoms with Crippen LogP contribution in [0.2, 0.25) is 0 Å². The Kier molecular flexibility index (Phi) is 3.12. The van der Waals surface area contributed by atoms with Crippen LogP contribution in [0.5, 0.6) is 0 Å². The minimum atomic E-state index is 0.676. The van der Waals surface area contributed by atoms with E-state index in [2.05, 4.69) is 10.2 Å². The highest BCUT2D eigenvalue weighted by Gasteiger charge is 2.19. The number of nitrogens with zero attached hydrogens (tertiary/aromatic N) is 1. The highest BCUT2D eigenvalue weighted by molar-refractivity contribution is 4.77. The van der Waals surface area contributed by atoms with E-state index in [-0.39, 0.29) is 0 Å². The zero-order valence-electron chi connectivity index (χ0n) is 6.76. The van der Waals surface area contributed by atoms with E-state index < -0.39 is 0 Å². The zero-order chi connectivity index (χ0) is 7.40. The zero-order valence-corrected chi connectivity index (χ0v) is 6.76. The van der Waals surface area contributed by atoms with Gasteiger partial charge in [-0.2, -0.15) is 0 Å². The molecule has 1 aliphatic heterocycles. The number of likely N-dealkylation sites (tertiary alicyclic amines) is 1. The summed E-state index contributed by atoms with van der Waals surface area (Å²) in [6, 6.07) is 0.676. The summed E-state index contributed by atoms with van der Waals surface area (Å²) < 4.78 is 5.02. The second-order valence-electron chi connectivity index (χ2n) is 2.77. The second-order valence-corrected chi connectivity index (χ2v) is 2.77. The van der Waals surface area contributed by atoms with Crippen LogP contribution in [0.4, 0.5) is 0 Å². The quantitative estimate of drug-likeness (QED) is 0.598. The third-order valence-corrected chi connectivity index (χ3v) is 1.99. The summed E-state index contributed by atoms with van der Waals surface area (Å²) in [4.78, 5) is 2.31. The lowest BCUT2D eigenvalue weighted by Gasteiger charge is -2.13. The van der Waals surface area contributed by atoms with Crippen molar-refractivity contribution in [2.45, 2.75) is 12.5 Å². The van der Waals surface area contributed by atoms with Crippen molar-refractivity contribution in [1.82, 2.24) is 10.2 Å². The van der Waals surface area contributed by atoms with Crippen molar-refractivity contribution in [2.75, 3.05) is 34.0 Å². The van der Waals surface area contributed by atoms with E-state index in [1.54, 1.807) is 7.11 Å². The fourth-order valence-corrected chi connectivity index (χ4v) is 1.37. The van der Waals surface area contributed by atoms with Crippen molar-refractivity contribution in [3.63, 3.8) is 0 Å². The van der Waals surface area contributed by atoms with Crippen LogP contribution >= 0.6 is 0 Å². The molecule has 1 N–H and O–H groups in total. The average molecular weight is 144 g/mol. The molecule has 60 valence electrons. The van der Waals surface area contributed by atoms with Crippen LogP contribution < -0.4 is 5.32 Å². The van der Waals surface area contributed by atoms with Gasteiger partial charge >= 0.3 is 0 Å². The van der Waals surface area contributed by atoms with Crippen molar-refractivity contribution in [2.24, 2.45) is 0 Å². The molecule has 0 amide bonds. The minimum absolute atomic E-state index is 0.676. The summed E-state index contributed by atoms with van der Waals surface area (Å²) in [6.45, 7) is 3.07. The van der Waals surface area contributed by atoms with Crippen LogP contribution in [0.3, 0.4) is 0 Å². The number of methoxy groups -OCH3 is 1. The number of hydrogen-bond donors (Lipinski definition) is 1. The predicted molar refractivity (Wildman–Crippen MR) is 40.9 cm³/mol.